The van der Waals surface area contributed by atoms with Crippen LogP contribution in [0.5, 0.6) is 0 Å². The third kappa shape index (κ3) is 1.65. The number of ether oxygens (including phenoxy) is 1. The second kappa shape index (κ2) is 3.89. The summed E-state index contributed by atoms with van der Waals surface area (Å²) in [6.45, 7) is 2.22. The Kier molecular flexibility index (Phi) is 2.77. The van der Waals surface area contributed by atoms with Crippen molar-refractivity contribution in [3.05, 3.63) is 0 Å². The first-order valence-corrected chi connectivity index (χ1v) is 5.57. The number of aliphatic hydroxyl groups excluding tert-OH is 1. The second-order valence-corrected chi connectivity index (χ2v) is 4.52. The van der Waals surface area contributed by atoms with Gasteiger partial charge < -0.3 is 9.84 Å². The topological polar surface area (TPSA) is 46.5 Å². The zero-order chi connectivity index (χ0) is 10.1. The van der Waals surface area contributed by atoms with Crippen molar-refractivity contribution in [3.63, 3.8) is 0 Å². The summed E-state index contributed by atoms with van der Waals surface area (Å²) in [7, 11) is 0. The van der Waals surface area contributed by atoms with Gasteiger partial charge in [0.15, 0.2) is 0 Å². The molecule has 2 rings (SSSR count). The maximum atomic E-state index is 11.6. The average molecular weight is 198 g/mol. The molecule has 0 aromatic rings. The van der Waals surface area contributed by atoms with E-state index in [1.807, 2.05) is 6.92 Å². The molecular formula is C11H18O3. The molecule has 2 aliphatic rings. The predicted octanol–water partition coefficient (Wildman–Crippen LogP) is 1.35. The Balaban J connectivity index is 2.05. The molecule has 3 nitrogen and oxygen atoms in total. The van der Waals surface area contributed by atoms with E-state index in [4.69, 9.17) is 4.74 Å². The monoisotopic (exact) mass is 198 g/mol. The molecule has 2 bridgehead atoms. The van der Waals surface area contributed by atoms with E-state index in [2.05, 4.69) is 0 Å². The Morgan fingerprint density at radius 3 is 2.93 bits per heavy atom. The molecule has 3 heteroatoms. The molecule has 0 radical (unpaired) electrons. The smallest absolute Gasteiger partial charge is 0.311 e. The summed E-state index contributed by atoms with van der Waals surface area (Å²) in [5.74, 6) is 0.600. The van der Waals surface area contributed by atoms with Crippen molar-refractivity contribution < 1.29 is 14.6 Å². The van der Waals surface area contributed by atoms with Gasteiger partial charge in [0.1, 0.15) is 0 Å². The lowest BCUT2D eigenvalue weighted by Crippen LogP contribution is -2.38. The Hall–Kier alpha value is -0.570. The Bertz CT molecular complexity index is 227. The first kappa shape index (κ1) is 9.97. The van der Waals surface area contributed by atoms with Gasteiger partial charge in [-0.25, -0.2) is 0 Å². The Morgan fingerprint density at radius 2 is 2.21 bits per heavy atom. The van der Waals surface area contributed by atoms with Gasteiger partial charge in [-0.3, -0.25) is 4.79 Å². The molecule has 0 saturated heterocycles. The molecule has 4 atom stereocenters. The van der Waals surface area contributed by atoms with Crippen molar-refractivity contribution >= 4 is 5.97 Å². The molecule has 1 N–H and O–H groups in total. The SMILES string of the molecule is CCOC(=O)C1C(O)CC2CCC1C2. The van der Waals surface area contributed by atoms with Crippen LogP contribution in [-0.2, 0) is 9.53 Å². The number of fused-ring (bicyclic) bond motifs is 2. The van der Waals surface area contributed by atoms with Gasteiger partial charge in [0.25, 0.3) is 0 Å². The van der Waals surface area contributed by atoms with E-state index < -0.39 is 6.10 Å². The van der Waals surface area contributed by atoms with Crippen LogP contribution >= 0.6 is 0 Å². The Morgan fingerprint density at radius 1 is 1.43 bits per heavy atom. The molecule has 80 valence electrons. The molecule has 0 aliphatic heterocycles. The molecule has 0 amide bonds. The second-order valence-electron chi connectivity index (χ2n) is 4.52. The summed E-state index contributed by atoms with van der Waals surface area (Å²) in [5, 5.41) is 9.85. The summed E-state index contributed by atoms with van der Waals surface area (Å²) in [6, 6.07) is 0. The highest BCUT2D eigenvalue weighted by atomic mass is 16.5. The van der Waals surface area contributed by atoms with E-state index in [0.717, 1.165) is 19.3 Å². The van der Waals surface area contributed by atoms with Crippen molar-refractivity contribution in [2.24, 2.45) is 17.8 Å². The van der Waals surface area contributed by atoms with Gasteiger partial charge >= 0.3 is 5.97 Å². The first-order chi connectivity index (χ1) is 6.72. The average Bonchev–Trinajstić information content (AvgIpc) is 2.48. The van der Waals surface area contributed by atoms with Crippen molar-refractivity contribution in [1.82, 2.24) is 0 Å². The fraction of sp³-hybridized carbons (Fsp3) is 0.909. The fourth-order valence-electron chi connectivity index (χ4n) is 3.04. The molecule has 0 heterocycles. The summed E-state index contributed by atoms with van der Waals surface area (Å²) < 4.78 is 5.00. The zero-order valence-corrected chi connectivity index (χ0v) is 8.61. The molecule has 2 aliphatic carbocycles. The lowest BCUT2D eigenvalue weighted by Gasteiger charge is -2.31. The van der Waals surface area contributed by atoms with Crippen LogP contribution in [0, 0.1) is 17.8 Å². The van der Waals surface area contributed by atoms with Crippen LogP contribution in [0.2, 0.25) is 0 Å². The minimum absolute atomic E-state index is 0.189. The van der Waals surface area contributed by atoms with Crippen LogP contribution in [0.3, 0.4) is 0 Å². The van der Waals surface area contributed by atoms with Crippen LogP contribution < -0.4 is 0 Å². The first-order valence-electron chi connectivity index (χ1n) is 5.57. The predicted molar refractivity (Wildman–Crippen MR) is 51.6 cm³/mol. The Labute approximate surface area is 84.4 Å². The van der Waals surface area contributed by atoms with Gasteiger partial charge in [0.05, 0.1) is 18.6 Å². The van der Waals surface area contributed by atoms with Gasteiger partial charge in [0, 0.05) is 0 Å². The van der Waals surface area contributed by atoms with Crippen LogP contribution in [0.1, 0.15) is 32.6 Å². The lowest BCUT2D eigenvalue weighted by atomic mass is 9.78. The van der Waals surface area contributed by atoms with Crippen LogP contribution in [-0.4, -0.2) is 23.8 Å². The van der Waals surface area contributed by atoms with E-state index in [0.29, 0.717) is 18.4 Å². The van der Waals surface area contributed by atoms with Crippen molar-refractivity contribution in [2.45, 2.75) is 38.7 Å². The van der Waals surface area contributed by atoms with E-state index in [9.17, 15) is 9.90 Å². The van der Waals surface area contributed by atoms with E-state index >= 15 is 0 Å². The van der Waals surface area contributed by atoms with E-state index in [1.165, 1.54) is 6.42 Å². The molecule has 4 unspecified atom stereocenters. The third-order valence-corrected chi connectivity index (χ3v) is 3.64. The largest absolute Gasteiger partial charge is 0.466 e. The quantitative estimate of drug-likeness (QED) is 0.681. The highest BCUT2D eigenvalue weighted by Crippen LogP contribution is 2.45. The van der Waals surface area contributed by atoms with Crippen molar-refractivity contribution in [3.8, 4) is 0 Å². The highest BCUT2D eigenvalue weighted by molar-refractivity contribution is 5.73. The molecule has 0 spiro atoms. The maximum absolute atomic E-state index is 11.6. The van der Waals surface area contributed by atoms with E-state index in [-0.39, 0.29) is 11.9 Å². The number of esters is 1. The lowest BCUT2D eigenvalue weighted by molar-refractivity contribution is -0.156. The number of hydrogen-bond donors (Lipinski definition) is 1. The number of rotatable bonds is 2. The van der Waals surface area contributed by atoms with Crippen molar-refractivity contribution in [2.75, 3.05) is 6.61 Å². The van der Waals surface area contributed by atoms with Crippen LogP contribution in [0.4, 0.5) is 0 Å². The number of carbonyl (C=O) groups excluding carboxylic acids is 1. The van der Waals surface area contributed by atoms with Gasteiger partial charge in [-0.1, -0.05) is 6.42 Å². The van der Waals surface area contributed by atoms with Gasteiger partial charge in [-0.05, 0) is 38.0 Å². The number of carbonyl (C=O) groups is 1. The molecule has 2 fully saturated rings. The minimum Gasteiger partial charge on any atom is -0.466 e. The highest BCUT2D eigenvalue weighted by Gasteiger charge is 2.45. The van der Waals surface area contributed by atoms with E-state index in [1.54, 1.807) is 0 Å². The van der Waals surface area contributed by atoms with Crippen molar-refractivity contribution in [1.29, 1.82) is 0 Å². The number of aliphatic hydroxyl groups is 1. The molecule has 2 saturated carbocycles. The van der Waals surface area contributed by atoms with Gasteiger partial charge in [-0.2, -0.15) is 0 Å². The summed E-state index contributed by atoms with van der Waals surface area (Å²) in [5.41, 5.74) is 0. The molecule has 0 aromatic carbocycles. The maximum Gasteiger partial charge on any atom is 0.311 e. The summed E-state index contributed by atoms with van der Waals surface area (Å²) >= 11 is 0. The minimum atomic E-state index is -0.458. The van der Waals surface area contributed by atoms with Gasteiger partial charge in [0.2, 0.25) is 0 Å². The normalized spacial score (nSPS) is 41.0. The summed E-state index contributed by atoms with van der Waals surface area (Å²) in [4.78, 5) is 11.6. The molecule has 0 aromatic heterocycles. The van der Waals surface area contributed by atoms with Gasteiger partial charge in [-0.15, -0.1) is 0 Å². The summed E-state index contributed by atoms with van der Waals surface area (Å²) in [6.07, 6.45) is 3.71. The zero-order valence-electron chi connectivity index (χ0n) is 8.61. The van der Waals surface area contributed by atoms with Crippen LogP contribution in [0.15, 0.2) is 0 Å². The number of hydrogen-bond acceptors (Lipinski definition) is 3. The molecule has 14 heavy (non-hydrogen) atoms. The molecular weight excluding hydrogens is 180 g/mol. The fourth-order valence-corrected chi connectivity index (χ4v) is 3.04. The standard InChI is InChI=1S/C11H18O3/c1-2-14-11(13)10-8-4-3-7(5-8)6-9(10)12/h7-10,12H,2-6H2,1H3. The third-order valence-electron chi connectivity index (χ3n) is 3.64. The van der Waals surface area contributed by atoms with Crippen LogP contribution in [0.25, 0.3) is 0 Å².